The van der Waals surface area contributed by atoms with Crippen molar-refractivity contribution >= 4 is 7.60 Å². The van der Waals surface area contributed by atoms with Gasteiger partial charge in [0.05, 0.1) is 18.8 Å². The predicted octanol–water partition coefficient (Wildman–Crippen LogP) is 4.06. The zero-order chi connectivity index (χ0) is 13.8. The van der Waals surface area contributed by atoms with Gasteiger partial charge in [-0.25, -0.2) is 0 Å². The fourth-order valence-electron chi connectivity index (χ4n) is 1.33. The quantitative estimate of drug-likeness (QED) is 0.740. The summed E-state index contributed by atoms with van der Waals surface area (Å²) < 4.78 is 63.7. The lowest BCUT2D eigenvalue weighted by Gasteiger charge is -2.15. The molecule has 0 spiro atoms. The highest BCUT2D eigenvalue weighted by atomic mass is 31.2. The molecule has 0 N–H and O–H groups in total. The van der Waals surface area contributed by atoms with E-state index in [9.17, 15) is 17.7 Å². The van der Waals surface area contributed by atoms with E-state index in [0.29, 0.717) is 6.26 Å². The molecule has 0 unspecified atom stereocenters. The minimum absolute atomic E-state index is 0.0763. The van der Waals surface area contributed by atoms with Crippen LogP contribution in [0.15, 0.2) is 16.7 Å². The second kappa shape index (κ2) is 5.91. The monoisotopic (exact) mass is 286 g/mol. The molecule has 1 rings (SSSR count). The first kappa shape index (κ1) is 15.3. The van der Waals surface area contributed by atoms with Gasteiger partial charge in [0.1, 0.15) is 18.2 Å². The maximum Gasteiger partial charge on any atom is 0.419 e. The van der Waals surface area contributed by atoms with E-state index in [2.05, 4.69) is 0 Å². The highest BCUT2D eigenvalue weighted by molar-refractivity contribution is 7.53. The van der Waals surface area contributed by atoms with Gasteiger partial charge in [0.15, 0.2) is 0 Å². The van der Waals surface area contributed by atoms with Gasteiger partial charge in [-0.3, -0.25) is 4.57 Å². The second-order valence-corrected chi connectivity index (χ2v) is 5.46. The Kier molecular flexibility index (Phi) is 5.01. The van der Waals surface area contributed by atoms with Crippen molar-refractivity contribution in [1.29, 1.82) is 0 Å². The normalized spacial score (nSPS) is 12.9. The van der Waals surface area contributed by atoms with Gasteiger partial charge in [-0.1, -0.05) is 0 Å². The fourth-order valence-corrected chi connectivity index (χ4v) is 2.92. The number of rotatable bonds is 6. The molecule has 0 aliphatic heterocycles. The Morgan fingerprint density at radius 3 is 2.22 bits per heavy atom. The number of furan rings is 1. The molecule has 0 fully saturated rings. The standard InChI is InChI=1S/C10H14F3O4P/c1-3-16-18(14,17-4-2)7-9-5-8(6-15-9)10(11,12)13/h5-6H,3-4,7H2,1-2H3. The SMILES string of the molecule is CCOP(=O)(Cc1cc(C(F)(F)F)co1)OCC. The number of hydrogen-bond donors (Lipinski definition) is 0. The van der Waals surface area contributed by atoms with Crippen LogP contribution < -0.4 is 0 Å². The van der Waals surface area contributed by atoms with Gasteiger partial charge in [-0.2, -0.15) is 13.2 Å². The Morgan fingerprint density at radius 1 is 1.28 bits per heavy atom. The third-order valence-electron chi connectivity index (χ3n) is 1.98. The Bertz CT molecular complexity index is 417. The molecule has 0 saturated heterocycles. The van der Waals surface area contributed by atoms with Crippen molar-refractivity contribution in [2.24, 2.45) is 0 Å². The molecule has 8 heteroatoms. The maximum atomic E-state index is 12.3. The molecular weight excluding hydrogens is 272 g/mol. The molecule has 0 aromatic carbocycles. The Hall–Kier alpha value is -0.780. The van der Waals surface area contributed by atoms with Crippen molar-refractivity contribution in [3.8, 4) is 0 Å². The lowest BCUT2D eigenvalue weighted by Crippen LogP contribution is -2.02. The maximum absolute atomic E-state index is 12.3. The van der Waals surface area contributed by atoms with E-state index in [0.717, 1.165) is 6.07 Å². The molecule has 0 saturated carbocycles. The Morgan fingerprint density at radius 2 is 1.83 bits per heavy atom. The van der Waals surface area contributed by atoms with Crippen molar-refractivity contribution in [2.45, 2.75) is 26.2 Å². The van der Waals surface area contributed by atoms with Crippen LogP contribution in [-0.4, -0.2) is 13.2 Å². The van der Waals surface area contributed by atoms with Crippen molar-refractivity contribution < 1.29 is 31.2 Å². The van der Waals surface area contributed by atoms with Gasteiger partial charge >= 0.3 is 13.8 Å². The third kappa shape index (κ3) is 4.15. The average Bonchev–Trinajstić information content (AvgIpc) is 2.65. The first-order valence-electron chi connectivity index (χ1n) is 5.33. The minimum atomic E-state index is -4.48. The summed E-state index contributed by atoms with van der Waals surface area (Å²) in [6, 6.07) is 0.796. The lowest BCUT2D eigenvalue weighted by molar-refractivity contribution is -0.137. The number of alkyl halides is 3. The summed E-state index contributed by atoms with van der Waals surface area (Å²) in [5.74, 6) is -0.0763. The fraction of sp³-hybridized carbons (Fsp3) is 0.600. The van der Waals surface area contributed by atoms with Crippen LogP contribution in [0.2, 0.25) is 0 Å². The van der Waals surface area contributed by atoms with Crippen LogP contribution >= 0.6 is 7.60 Å². The van der Waals surface area contributed by atoms with Crippen LogP contribution in [-0.2, 0) is 26.0 Å². The second-order valence-electron chi connectivity index (χ2n) is 3.40. The van der Waals surface area contributed by atoms with Gasteiger partial charge < -0.3 is 13.5 Å². The summed E-state index contributed by atoms with van der Waals surface area (Å²) in [5.41, 5.74) is -0.919. The van der Waals surface area contributed by atoms with Gasteiger partial charge in [0.25, 0.3) is 0 Å². The summed E-state index contributed by atoms with van der Waals surface area (Å²) in [5, 5.41) is 0. The van der Waals surface area contributed by atoms with Crippen LogP contribution in [0.3, 0.4) is 0 Å². The molecule has 1 aromatic heterocycles. The number of hydrogen-bond acceptors (Lipinski definition) is 4. The molecule has 1 heterocycles. The highest BCUT2D eigenvalue weighted by Gasteiger charge is 2.34. The zero-order valence-electron chi connectivity index (χ0n) is 9.99. The molecule has 0 bridgehead atoms. The van der Waals surface area contributed by atoms with Crippen LogP contribution in [0.5, 0.6) is 0 Å². The van der Waals surface area contributed by atoms with Crippen LogP contribution in [0, 0.1) is 0 Å². The summed E-state index contributed by atoms with van der Waals surface area (Å²) in [6.07, 6.45) is -4.22. The van der Waals surface area contributed by atoms with Gasteiger partial charge in [0.2, 0.25) is 0 Å². The molecule has 0 atom stereocenters. The van der Waals surface area contributed by atoms with Crippen LogP contribution in [0.25, 0.3) is 0 Å². The van der Waals surface area contributed by atoms with Gasteiger partial charge in [-0.15, -0.1) is 0 Å². The minimum Gasteiger partial charge on any atom is -0.468 e. The van der Waals surface area contributed by atoms with Crippen molar-refractivity contribution in [2.75, 3.05) is 13.2 Å². The zero-order valence-corrected chi connectivity index (χ0v) is 10.9. The molecule has 0 aliphatic carbocycles. The largest absolute Gasteiger partial charge is 0.468 e. The highest BCUT2D eigenvalue weighted by Crippen LogP contribution is 2.51. The number of halogens is 3. The lowest BCUT2D eigenvalue weighted by atomic mass is 10.3. The van der Waals surface area contributed by atoms with Crippen LogP contribution in [0.1, 0.15) is 25.2 Å². The van der Waals surface area contributed by atoms with E-state index in [1.807, 2.05) is 0 Å². The van der Waals surface area contributed by atoms with Crippen molar-refractivity contribution in [1.82, 2.24) is 0 Å². The predicted molar refractivity (Wildman–Crippen MR) is 58.3 cm³/mol. The smallest absolute Gasteiger partial charge is 0.419 e. The van der Waals surface area contributed by atoms with E-state index >= 15 is 0 Å². The van der Waals surface area contributed by atoms with E-state index in [1.54, 1.807) is 13.8 Å². The van der Waals surface area contributed by atoms with Crippen LogP contribution in [0.4, 0.5) is 13.2 Å². The van der Waals surface area contributed by atoms with E-state index in [-0.39, 0.29) is 25.1 Å². The molecule has 104 valence electrons. The third-order valence-corrected chi connectivity index (χ3v) is 3.98. The Labute approximate surface area is 103 Å². The van der Waals surface area contributed by atoms with Gasteiger partial charge in [0, 0.05) is 0 Å². The first-order chi connectivity index (χ1) is 8.30. The van der Waals surface area contributed by atoms with E-state index in [1.165, 1.54) is 0 Å². The molecule has 18 heavy (non-hydrogen) atoms. The molecule has 1 aromatic rings. The van der Waals surface area contributed by atoms with Crippen molar-refractivity contribution in [3.05, 3.63) is 23.7 Å². The summed E-state index contributed by atoms with van der Waals surface area (Å²) in [6.45, 7) is 3.53. The molecule has 4 nitrogen and oxygen atoms in total. The molecule has 0 aliphatic rings. The molecule has 0 amide bonds. The van der Waals surface area contributed by atoms with Crippen molar-refractivity contribution in [3.63, 3.8) is 0 Å². The molecule has 0 radical (unpaired) electrons. The first-order valence-corrected chi connectivity index (χ1v) is 7.06. The van der Waals surface area contributed by atoms with E-state index in [4.69, 9.17) is 13.5 Å². The van der Waals surface area contributed by atoms with E-state index < -0.39 is 19.3 Å². The van der Waals surface area contributed by atoms with Gasteiger partial charge in [-0.05, 0) is 19.9 Å². The summed E-state index contributed by atoms with van der Waals surface area (Å²) in [4.78, 5) is 0. The summed E-state index contributed by atoms with van der Waals surface area (Å²) in [7, 11) is -3.44. The Balaban J connectivity index is 2.82. The summed E-state index contributed by atoms with van der Waals surface area (Å²) >= 11 is 0. The molecular formula is C10H14F3O4P. The topological polar surface area (TPSA) is 48.7 Å². The average molecular weight is 286 g/mol.